The Bertz CT molecular complexity index is 209. The summed E-state index contributed by atoms with van der Waals surface area (Å²) in [6, 6.07) is 0.702. The molecule has 0 bridgehead atoms. The van der Waals surface area contributed by atoms with E-state index in [0.29, 0.717) is 11.6 Å². The van der Waals surface area contributed by atoms with Crippen LogP contribution < -0.4 is 5.32 Å². The summed E-state index contributed by atoms with van der Waals surface area (Å²) in [6.07, 6.45) is 5.12. The van der Waals surface area contributed by atoms with E-state index in [1.54, 1.807) is 0 Å². The van der Waals surface area contributed by atoms with Crippen molar-refractivity contribution in [1.82, 2.24) is 10.2 Å². The largest absolute Gasteiger partial charge is 0.311 e. The van der Waals surface area contributed by atoms with Crippen molar-refractivity contribution in [3.63, 3.8) is 0 Å². The van der Waals surface area contributed by atoms with Crippen LogP contribution in [0.3, 0.4) is 0 Å². The molecule has 0 aliphatic carbocycles. The summed E-state index contributed by atoms with van der Waals surface area (Å²) >= 11 is 0. The molecule has 1 N–H and O–H groups in total. The van der Waals surface area contributed by atoms with Gasteiger partial charge in [0, 0.05) is 24.7 Å². The van der Waals surface area contributed by atoms with Crippen LogP contribution in [-0.4, -0.2) is 36.1 Å². The molecule has 102 valence electrons. The van der Waals surface area contributed by atoms with Gasteiger partial charge < -0.3 is 5.32 Å². The van der Waals surface area contributed by atoms with Gasteiger partial charge in [0.1, 0.15) is 0 Å². The predicted octanol–water partition coefficient (Wildman–Crippen LogP) is 3.28. The van der Waals surface area contributed by atoms with Crippen LogP contribution in [0.1, 0.15) is 60.3 Å². The van der Waals surface area contributed by atoms with Gasteiger partial charge in [-0.2, -0.15) is 0 Å². The molecule has 0 amide bonds. The first-order valence-corrected chi connectivity index (χ1v) is 7.56. The van der Waals surface area contributed by atoms with E-state index >= 15 is 0 Å². The first-order valence-electron chi connectivity index (χ1n) is 7.56. The van der Waals surface area contributed by atoms with Crippen molar-refractivity contribution in [2.24, 2.45) is 5.92 Å². The highest BCUT2D eigenvalue weighted by Crippen LogP contribution is 2.28. The third-order valence-corrected chi connectivity index (χ3v) is 4.40. The Morgan fingerprint density at radius 1 is 1.24 bits per heavy atom. The summed E-state index contributed by atoms with van der Waals surface area (Å²) in [5.74, 6) is 0.798. The molecule has 0 aromatic heterocycles. The molecule has 1 heterocycles. The van der Waals surface area contributed by atoms with Gasteiger partial charge in [0.15, 0.2) is 0 Å². The lowest BCUT2D eigenvalue weighted by atomic mass is 9.86. The van der Waals surface area contributed by atoms with Crippen molar-refractivity contribution in [3.8, 4) is 0 Å². The Hall–Kier alpha value is -0.0800. The van der Waals surface area contributed by atoms with Crippen molar-refractivity contribution >= 4 is 0 Å². The summed E-state index contributed by atoms with van der Waals surface area (Å²) in [5.41, 5.74) is 0.420. The zero-order valence-electron chi connectivity index (χ0n) is 12.6. The van der Waals surface area contributed by atoms with E-state index in [2.05, 4.69) is 44.8 Å². The van der Waals surface area contributed by atoms with Gasteiger partial charge in [-0.1, -0.05) is 34.6 Å². The van der Waals surface area contributed by atoms with Crippen LogP contribution in [-0.2, 0) is 0 Å². The van der Waals surface area contributed by atoms with E-state index in [9.17, 15) is 0 Å². The minimum Gasteiger partial charge on any atom is -0.311 e. The highest BCUT2D eigenvalue weighted by Gasteiger charge is 2.38. The van der Waals surface area contributed by atoms with Gasteiger partial charge in [-0.15, -0.1) is 0 Å². The number of piperazine rings is 1. The van der Waals surface area contributed by atoms with Crippen molar-refractivity contribution in [2.45, 2.75) is 71.9 Å². The molecule has 0 aromatic carbocycles. The van der Waals surface area contributed by atoms with E-state index in [0.717, 1.165) is 5.92 Å². The smallest absolute Gasteiger partial charge is 0.0329 e. The van der Waals surface area contributed by atoms with Crippen LogP contribution in [0.2, 0.25) is 0 Å². The fraction of sp³-hybridized carbons (Fsp3) is 1.00. The molecule has 1 aliphatic rings. The summed E-state index contributed by atoms with van der Waals surface area (Å²) in [7, 11) is 0. The van der Waals surface area contributed by atoms with Crippen LogP contribution in [0.4, 0.5) is 0 Å². The van der Waals surface area contributed by atoms with Crippen LogP contribution in [0.15, 0.2) is 0 Å². The zero-order valence-corrected chi connectivity index (χ0v) is 12.6. The second-order valence-electron chi connectivity index (χ2n) is 6.08. The number of hydrogen-bond donors (Lipinski definition) is 1. The number of rotatable bonds is 6. The molecule has 0 aromatic rings. The minimum absolute atomic E-state index is 0.420. The minimum atomic E-state index is 0.420. The Balaban J connectivity index is 2.66. The maximum atomic E-state index is 3.79. The van der Waals surface area contributed by atoms with Crippen LogP contribution in [0.5, 0.6) is 0 Å². The zero-order chi connectivity index (χ0) is 12.9. The summed E-state index contributed by atoms with van der Waals surface area (Å²) in [4.78, 5) is 2.76. The molecule has 0 saturated carbocycles. The van der Waals surface area contributed by atoms with Crippen LogP contribution >= 0.6 is 0 Å². The van der Waals surface area contributed by atoms with Gasteiger partial charge in [-0.05, 0) is 38.1 Å². The lowest BCUT2D eigenvalue weighted by Gasteiger charge is -2.50. The SMILES string of the molecule is CCCN1CC(CC(C)C)NCC1(CC)CC. The van der Waals surface area contributed by atoms with E-state index < -0.39 is 0 Å². The van der Waals surface area contributed by atoms with Gasteiger partial charge in [0.2, 0.25) is 0 Å². The van der Waals surface area contributed by atoms with Crippen LogP contribution in [0.25, 0.3) is 0 Å². The van der Waals surface area contributed by atoms with Crippen molar-refractivity contribution in [3.05, 3.63) is 0 Å². The predicted molar refractivity (Wildman–Crippen MR) is 76.4 cm³/mol. The number of hydrogen-bond acceptors (Lipinski definition) is 2. The van der Waals surface area contributed by atoms with Crippen molar-refractivity contribution < 1.29 is 0 Å². The van der Waals surface area contributed by atoms with E-state index in [1.165, 1.54) is 45.3 Å². The van der Waals surface area contributed by atoms with E-state index in [1.807, 2.05) is 0 Å². The van der Waals surface area contributed by atoms with Gasteiger partial charge >= 0.3 is 0 Å². The Kier molecular flexibility index (Phi) is 5.94. The molecular weight excluding hydrogens is 208 g/mol. The summed E-state index contributed by atoms with van der Waals surface area (Å²) < 4.78 is 0. The molecule has 1 aliphatic heterocycles. The lowest BCUT2D eigenvalue weighted by Crippen LogP contribution is -2.64. The average molecular weight is 240 g/mol. The molecule has 1 fully saturated rings. The fourth-order valence-electron chi connectivity index (χ4n) is 3.24. The molecule has 1 rings (SSSR count). The first kappa shape index (κ1) is 15.0. The van der Waals surface area contributed by atoms with E-state index in [4.69, 9.17) is 0 Å². The molecule has 2 heteroatoms. The molecule has 0 radical (unpaired) electrons. The van der Waals surface area contributed by atoms with Crippen LogP contribution in [0, 0.1) is 5.92 Å². The molecule has 1 unspecified atom stereocenters. The van der Waals surface area contributed by atoms with Gasteiger partial charge in [-0.3, -0.25) is 4.90 Å². The highest BCUT2D eigenvalue weighted by molar-refractivity contribution is 4.97. The Labute approximate surface area is 108 Å². The van der Waals surface area contributed by atoms with Gasteiger partial charge in [0.25, 0.3) is 0 Å². The second-order valence-corrected chi connectivity index (χ2v) is 6.08. The van der Waals surface area contributed by atoms with Crippen molar-refractivity contribution in [1.29, 1.82) is 0 Å². The Morgan fingerprint density at radius 3 is 2.35 bits per heavy atom. The topological polar surface area (TPSA) is 15.3 Å². The second kappa shape index (κ2) is 6.75. The summed E-state index contributed by atoms with van der Waals surface area (Å²) in [6.45, 7) is 15.3. The molecule has 1 saturated heterocycles. The standard InChI is InChI=1S/C15H32N2/c1-6-9-17-11-14(10-13(4)5)16-12-15(17,7-2)8-3/h13-14,16H,6-12H2,1-5H3. The average Bonchev–Trinajstić information content (AvgIpc) is 2.30. The third kappa shape index (κ3) is 3.69. The number of nitrogens with zero attached hydrogens (tertiary/aromatic N) is 1. The van der Waals surface area contributed by atoms with Crippen molar-refractivity contribution in [2.75, 3.05) is 19.6 Å². The lowest BCUT2D eigenvalue weighted by molar-refractivity contribution is 0.0277. The highest BCUT2D eigenvalue weighted by atomic mass is 15.3. The molecule has 17 heavy (non-hydrogen) atoms. The quantitative estimate of drug-likeness (QED) is 0.766. The van der Waals surface area contributed by atoms with Gasteiger partial charge in [-0.25, -0.2) is 0 Å². The first-order chi connectivity index (χ1) is 8.07. The maximum Gasteiger partial charge on any atom is 0.0329 e. The number of nitrogens with one attached hydrogen (secondary N) is 1. The van der Waals surface area contributed by atoms with Gasteiger partial charge in [0.05, 0.1) is 0 Å². The molecule has 0 spiro atoms. The monoisotopic (exact) mass is 240 g/mol. The molecule has 1 atom stereocenters. The fourth-order valence-corrected chi connectivity index (χ4v) is 3.24. The van der Waals surface area contributed by atoms with E-state index in [-0.39, 0.29) is 0 Å². The normalized spacial score (nSPS) is 25.4. The molecule has 2 nitrogen and oxygen atoms in total. The third-order valence-electron chi connectivity index (χ3n) is 4.40. The molecular formula is C15H32N2. The maximum absolute atomic E-state index is 3.79. The Morgan fingerprint density at radius 2 is 1.88 bits per heavy atom. The summed E-state index contributed by atoms with van der Waals surface area (Å²) in [5, 5.41) is 3.79.